The van der Waals surface area contributed by atoms with Gasteiger partial charge in [0.1, 0.15) is 0 Å². The summed E-state index contributed by atoms with van der Waals surface area (Å²) in [7, 11) is 0. The molecule has 0 aromatic heterocycles. The molecule has 1 aliphatic carbocycles. The van der Waals surface area contributed by atoms with Crippen LogP contribution in [-0.2, 0) is 4.79 Å². The van der Waals surface area contributed by atoms with Gasteiger partial charge in [0.25, 0.3) is 0 Å². The number of likely N-dealkylation sites (tertiary alicyclic amines) is 1. The highest BCUT2D eigenvalue weighted by Gasteiger charge is 2.41. The molecule has 1 saturated carbocycles. The van der Waals surface area contributed by atoms with Crippen LogP contribution in [0.1, 0.15) is 58.8 Å². The minimum Gasteiger partial charge on any atom is -0.337 e. The molecule has 4 heteroatoms. The molecule has 1 amide bonds. The van der Waals surface area contributed by atoms with E-state index in [1.807, 2.05) is 6.92 Å². The van der Waals surface area contributed by atoms with Gasteiger partial charge in [-0.3, -0.25) is 4.79 Å². The van der Waals surface area contributed by atoms with E-state index in [-0.39, 0.29) is 18.4 Å². The van der Waals surface area contributed by atoms with E-state index in [1.165, 1.54) is 32.1 Å². The Morgan fingerprint density at radius 3 is 2.72 bits per heavy atom. The summed E-state index contributed by atoms with van der Waals surface area (Å²) < 4.78 is 0. The fraction of sp³-hybridized carbons (Fsp3) is 0.929. The van der Waals surface area contributed by atoms with Gasteiger partial charge < -0.3 is 10.6 Å². The predicted octanol–water partition coefficient (Wildman–Crippen LogP) is 2.72. The van der Waals surface area contributed by atoms with Crippen molar-refractivity contribution in [1.82, 2.24) is 4.90 Å². The molecule has 1 aliphatic heterocycles. The first-order valence-corrected chi connectivity index (χ1v) is 7.16. The molecular weight excluding hydrogens is 248 g/mol. The molecule has 0 radical (unpaired) electrons. The summed E-state index contributed by atoms with van der Waals surface area (Å²) in [6.45, 7) is 4.19. The van der Waals surface area contributed by atoms with Crippen molar-refractivity contribution >= 4 is 18.3 Å². The van der Waals surface area contributed by atoms with E-state index in [9.17, 15) is 4.79 Å². The molecule has 0 aromatic carbocycles. The molecule has 0 spiro atoms. The Morgan fingerprint density at radius 1 is 1.39 bits per heavy atom. The van der Waals surface area contributed by atoms with Crippen molar-refractivity contribution in [3.05, 3.63) is 0 Å². The molecule has 4 atom stereocenters. The number of hydrogen-bond acceptors (Lipinski definition) is 2. The van der Waals surface area contributed by atoms with E-state index in [1.54, 1.807) is 0 Å². The Hall–Kier alpha value is -0.280. The molecule has 2 N–H and O–H groups in total. The third-order valence-electron chi connectivity index (χ3n) is 4.45. The van der Waals surface area contributed by atoms with Crippen LogP contribution in [0, 0.1) is 5.92 Å². The Balaban J connectivity index is 0.00000162. The number of fused-ring (bicyclic) bond motifs is 1. The highest BCUT2D eigenvalue weighted by atomic mass is 35.5. The zero-order valence-electron chi connectivity index (χ0n) is 11.6. The summed E-state index contributed by atoms with van der Waals surface area (Å²) >= 11 is 0. The van der Waals surface area contributed by atoms with Gasteiger partial charge >= 0.3 is 0 Å². The topological polar surface area (TPSA) is 46.3 Å². The van der Waals surface area contributed by atoms with Crippen LogP contribution in [0.5, 0.6) is 0 Å². The van der Waals surface area contributed by atoms with Crippen molar-refractivity contribution in [2.75, 3.05) is 0 Å². The van der Waals surface area contributed by atoms with E-state index < -0.39 is 0 Å². The average Bonchev–Trinajstić information content (AvgIpc) is 2.61. The van der Waals surface area contributed by atoms with Crippen LogP contribution in [-0.4, -0.2) is 28.9 Å². The number of rotatable bonds is 3. The maximum absolute atomic E-state index is 12.3. The van der Waals surface area contributed by atoms with Crippen LogP contribution in [0.25, 0.3) is 0 Å². The Kier molecular flexibility index (Phi) is 5.93. The number of nitrogens with zero attached hydrogens (tertiary/aromatic N) is 1. The zero-order chi connectivity index (χ0) is 12.4. The van der Waals surface area contributed by atoms with Gasteiger partial charge in [0.2, 0.25) is 5.91 Å². The molecule has 2 rings (SSSR count). The first-order chi connectivity index (χ1) is 8.09. The molecule has 106 valence electrons. The Bertz CT molecular complexity index is 283. The fourth-order valence-corrected chi connectivity index (χ4v) is 3.62. The van der Waals surface area contributed by atoms with Crippen molar-refractivity contribution in [2.24, 2.45) is 11.7 Å². The van der Waals surface area contributed by atoms with Crippen LogP contribution in [0.3, 0.4) is 0 Å². The van der Waals surface area contributed by atoms with Crippen LogP contribution in [0.2, 0.25) is 0 Å². The van der Waals surface area contributed by atoms with E-state index in [0.29, 0.717) is 24.4 Å². The Morgan fingerprint density at radius 2 is 2.06 bits per heavy atom. The summed E-state index contributed by atoms with van der Waals surface area (Å²) in [5, 5.41) is 0. The Labute approximate surface area is 117 Å². The van der Waals surface area contributed by atoms with Crippen LogP contribution >= 0.6 is 12.4 Å². The van der Waals surface area contributed by atoms with E-state index in [2.05, 4.69) is 11.8 Å². The largest absolute Gasteiger partial charge is 0.337 e. The smallest absolute Gasteiger partial charge is 0.223 e. The second-order valence-corrected chi connectivity index (χ2v) is 6.01. The summed E-state index contributed by atoms with van der Waals surface area (Å²) in [5.41, 5.74) is 5.74. The first kappa shape index (κ1) is 15.8. The third kappa shape index (κ3) is 3.39. The number of amides is 1. The van der Waals surface area contributed by atoms with Gasteiger partial charge in [-0.25, -0.2) is 0 Å². The SMILES string of the molecule is CC(N)CCC(=O)N1C(C)CC2CCCCC21.Cl. The number of hydrogen-bond donors (Lipinski definition) is 1. The van der Waals surface area contributed by atoms with Gasteiger partial charge in [-0.2, -0.15) is 0 Å². The summed E-state index contributed by atoms with van der Waals surface area (Å²) in [6.07, 6.45) is 7.87. The lowest BCUT2D eigenvalue weighted by atomic mass is 9.85. The van der Waals surface area contributed by atoms with Crippen molar-refractivity contribution in [3.8, 4) is 0 Å². The first-order valence-electron chi connectivity index (χ1n) is 7.16. The molecule has 18 heavy (non-hydrogen) atoms. The number of carbonyl (C=O) groups excluding carboxylic acids is 1. The normalized spacial score (nSPS) is 32.6. The maximum Gasteiger partial charge on any atom is 0.223 e. The molecule has 2 fully saturated rings. The number of nitrogens with two attached hydrogens (primary N) is 1. The van der Waals surface area contributed by atoms with Gasteiger partial charge in [-0.1, -0.05) is 12.8 Å². The average molecular weight is 275 g/mol. The lowest BCUT2D eigenvalue weighted by Gasteiger charge is -2.33. The van der Waals surface area contributed by atoms with Gasteiger partial charge in [-0.15, -0.1) is 12.4 Å². The zero-order valence-corrected chi connectivity index (χ0v) is 12.4. The fourth-order valence-electron chi connectivity index (χ4n) is 3.62. The molecule has 3 nitrogen and oxygen atoms in total. The molecule has 2 aliphatic rings. The van der Waals surface area contributed by atoms with Crippen LogP contribution < -0.4 is 5.73 Å². The quantitative estimate of drug-likeness (QED) is 0.860. The van der Waals surface area contributed by atoms with E-state index >= 15 is 0 Å². The van der Waals surface area contributed by atoms with Gasteiger partial charge in [0.05, 0.1) is 0 Å². The van der Waals surface area contributed by atoms with Crippen molar-refractivity contribution in [2.45, 2.75) is 76.9 Å². The molecular formula is C14H27ClN2O. The van der Waals surface area contributed by atoms with Gasteiger partial charge in [-0.05, 0) is 45.4 Å². The molecule has 4 unspecified atom stereocenters. The maximum atomic E-state index is 12.3. The number of halogens is 1. The monoisotopic (exact) mass is 274 g/mol. The predicted molar refractivity (Wildman–Crippen MR) is 76.8 cm³/mol. The van der Waals surface area contributed by atoms with Gasteiger partial charge in [0.15, 0.2) is 0 Å². The van der Waals surface area contributed by atoms with E-state index in [0.717, 1.165) is 12.3 Å². The summed E-state index contributed by atoms with van der Waals surface area (Å²) in [6, 6.07) is 1.13. The van der Waals surface area contributed by atoms with Crippen molar-refractivity contribution < 1.29 is 4.79 Å². The highest BCUT2D eigenvalue weighted by molar-refractivity contribution is 5.85. The second-order valence-electron chi connectivity index (χ2n) is 6.01. The number of carbonyl (C=O) groups is 1. The van der Waals surface area contributed by atoms with Crippen LogP contribution in [0.15, 0.2) is 0 Å². The minimum atomic E-state index is 0. The van der Waals surface area contributed by atoms with E-state index in [4.69, 9.17) is 5.73 Å². The third-order valence-corrected chi connectivity index (χ3v) is 4.45. The standard InChI is InChI=1S/C14H26N2O.ClH/c1-10(15)7-8-14(17)16-11(2)9-12-5-3-4-6-13(12)16;/h10-13H,3-9,15H2,1-2H3;1H. The lowest BCUT2D eigenvalue weighted by molar-refractivity contribution is -0.134. The van der Waals surface area contributed by atoms with Gasteiger partial charge in [0, 0.05) is 24.5 Å². The highest BCUT2D eigenvalue weighted by Crippen LogP contribution is 2.39. The summed E-state index contributed by atoms with van der Waals surface area (Å²) in [4.78, 5) is 14.5. The molecule has 1 saturated heterocycles. The lowest BCUT2D eigenvalue weighted by Crippen LogP contribution is -2.42. The molecule has 0 aromatic rings. The second kappa shape index (κ2) is 6.76. The van der Waals surface area contributed by atoms with Crippen molar-refractivity contribution in [1.29, 1.82) is 0 Å². The minimum absolute atomic E-state index is 0. The van der Waals surface area contributed by atoms with Crippen LogP contribution in [0.4, 0.5) is 0 Å². The molecule has 1 heterocycles. The summed E-state index contributed by atoms with van der Waals surface area (Å²) in [5.74, 6) is 1.11. The molecule has 0 bridgehead atoms. The van der Waals surface area contributed by atoms with Crippen molar-refractivity contribution in [3.63, 3.8) is 0 Å².